The minimum absolute atomic E-state index is 0.377. The number of amides is 1. The number of hydrogen-bond acceptors (Lipinski definition) is 3. The van der Waals surface area contributed by atoms with Gasteiger partial charge in [0.25, 0.3) is 5.91 Å². The molecule has 122 valence electrons. The van der Waals surface area contributed by atoms with E-state index in [1.54, 1.807) is 50.2 Å². The molecule has 0 aliphatic rings. The maximum Gasteiger partial charge on any atom is 0.254 e. The van der Waals surface area contributed by atoms with Crippen molar-refractivity contribution in [3.8, 4) is 5.75 Å². The van der Waals surface area contributed by atoms with E-state index in [2.05, 4.69) is 5.32 Å². The van der Waals surface area contributed by atoms with Crippen molar-refractivity contribution in [3.05, 3.63) is 65.5 Å². The number of benzene rings is 2. The average Bonchev–Trinajstić information content (AvgIpc) is 2.53. The van der Waals surface area contributed by atoms with Crippen molar-refractivity contribution in [2.75, 3.05) is 7.11 Å². The maximum atomic E-state index is 13.4. The number of aliphatic hydroxyl groups excluding tert-OH is 1. The Hall–Kier alpha value is -2.40. The van der Waals surface area contributed by atoms with Gasteiger partial charge < -0.3 is 15.2 Å². The molecule has 0 heterocycles. The van der Waals surface area contributed by atoms with Crippen LogP contribution in [0.1, 0.15) is 31.1 Å². The highest BCUT2D eigenvalue weighted by atomic mass is 19.1. The van der Waals surface area contributed by atoms with Crippen LogP contribution in [0.3, 0.4) is 0 Å². The highest BCUT2D eigenvalue weighted by Gasteiger charge is 2.27. The van der Waals surface area contributed by atoms with Gasteiger partial charge in [-0.1, -0.05) is 24.3 Å². The molecule has 1 unspecified atom stereocenters. The van der Waals surface area contributed by atoms with E-state index in [0.717, 1.165) is 0 Å². The zero-order valence-corrected chi connectivity index (χ0v) is 13.3. The third-order valence-electron chi connectivity index (χ3n) is 3.64. The number of ether oxygens (including phenoxy) is 1. The first-order valence-corrected chi connectivity index (χ1v) is 7.23. The summed E-state index contributed by atoms with van der Waals surface area (Å²) in [5.41, 5.74) is 0.222. The smallest absolute Gasteiger partial charge is 0.254 e. The molecular weight excluding hydrogens is 297 g/mol. The lowest BCUT2D eigenvalue weighted by Gasteiger charge is -2.28. The van der Waals surface area contributed by atoms with Crippen molar-refractivity contribution in [2.24, 2.45) is 0 Å². The third kappa shape index (κ3) is 4.07. The fourth-order valence-electron chi connectivity index (χ4n) is 2.29. The van der Waals surface area contributed by atoms with Gasteiger partial charge in [0.1, 0.15) is 11.6 Å². The van der Waals surface area contributed by atoms with Crippen molar-refractivity contribution in [1.82, 2.24) is 5.32 Å². The van der Waals surface area contributed by atoms with Crippen LogP contribution in [0.5, 0.6) is 5.75 Å². The summed E-state index contributed by atoms with van der Waals surface area (Å²) < 4.78 is 18.4. The molecule has 0 bridgehead atoms. The van der Waals surface area contributed by atoms with Crippen molar-refractivity contribution in [2.45, 2.75) is 25.5 Å². The summed E-state index contributed by atoms with van der Waals surface area (Å²) >= 11 is 0. The van der Waals surface area contributed by atoms with Crippen LogP contribution in [-0.2, 0) is 10.3 Å². The summed E-state index contributed by atoms with van der Waals surface area (Å²) in [6.07, 6.45) is -1.34. The number of carbonyl (C=O) groups excluding carboxylic acids is 1. The predicted octanol–water partition coefficient (Wildman–Crippen LogP) is 2.92. The topological polar surface area (TPSA) is 58.6 Å². The average molecular weight is 317 g/mol. The van der Waals surface area contributed by atoms with Crippen LogP contribution in [0.2, 0.25) is 0 Å². The molecular formula is C18H20FNO3. The second-order valence-corrected chi connectivity index (χ2v) is 5.80. The van der Waals surface area contributed by atoms with Crippen LogP contribution in [0.4, 0.5) is 4.39 Å². The Bertz CT molecular complexity index is 700. The van der Waals surface area contributed by atoms with E-state index in [1.807, 2.05) is 0 Å². The Kier molecular flexibility index (Phi) is 5.01. The number of hydrogen-bond donors (Lipinski definition) is 2. The molecule has 23 heavy (non-hydrogen) atoms. The number of nitrogens with one attached hydrogen (secondary N) is 1. The van der Waals surface area contributed by atoms with Crippen molar-refractivity contribution < 1.29 is 19.0 Å². The van der Waals surface area contributed by atoms with Gasteiger partial charge >= 0.3 is 0 Å². The van der Waals surface area contributed by atoms with Crippen LogP contribution >= 0.6 is 0 Å². The molecule has 1 atom stereocenters. The van der Waals surface area contributed by atoms with Gasteiger partial charge in [0.15, 0.2) is 6.10 Å². The van der Waals surface area contributed by atoms with Crippen molar-refractivity contribution >= 4 is 5.91 Å². The lowest BCUT2D eigenvalue weighted by molar-refractivity contribution is -0.131. The molecule has 2 N–H and O–H groups in total. The monoisotopic (exact) mass is 317 g/mol. The minimum Gasteiger partial charge on any atom is -0.497 e. The first-order chi connectivity index (χ1) is 10.8. The van der Waals surface area contributed by atoms with Crippen LogP contribution < -0.4 is 10.1 Å². The molecule has 0 saturated carbocycles. The molecule has 2 rings (SSSR count). The van der Waals surface area contributed by atoms with Gasteiger partial charge in [-0.05, 0) is 49.2 Å². The van der Waals surface area contributed by atoms with E-state index in [1.165, 1.54) is 19.2 Å². The van der Waals surface area contributed by atoms with Gasteiger partial charge in [0.2, 0.25) is 0 Å². The zero-order valence-electron chi connectivity index (χ0n) is 13.3. The Balaban J connectivity index is 2.16. The van der Waals surface area contributed by atoms with E-state index < -0.39 is 17.6 Å². The van der Waals surface area contributed by atoms with Crippen molar-refractivity contribution in [3.63, 3.8) is 0 Å². The van der Waals surface area contributed by atoms with Gasteiger partial charge in [0, 0.05) is 0 Å². The zero-order chi connectivity index (χ0) is 17.0. The Labute approximate surface area is 134 Å². The van der Waals surface area contributed by atoms with Gasteiger partial charge in [-0.15, -0.1) is 0 Å². The fraction of sp³-hybridized carbons (Fsp3) is 0.278. The summed E-state index contributed by atoms with van der Waals surface area (Å²) in [5.74, 6) is -0.385. The molecule has 4 nitrogen and oxygen atoms in total. The quantitative estimate of drug-likeness (QED) is 0.891. The summed E-state index contributed by atoms with van der Waals surface area (Å²) in [4.78, 5) is 12.3. The Morgan fingerprint density at radius 1 is 1.22 bits per heavy atom. The predicted molar refractivity (Wildman–Crippen MR) is 85.5 cm³/mol. The van der Waals surface area contributed by atoms with Crippen LogP contribution in [0.15, 0.2) is 48.5 Å². The summed E-state index contributed by atoms with van der Waals surface area (Å²) in [5, 5.41) is 13.0. The molecule has 2 aromatic carbocycles. The van der Waals surface area contributed by atoms with Gasteiger partial charge in [0.05, 0.1) is 12.6 Å². The molecule has 0 saturated heterocycles. The minimum atomic E-state index is -1.34. The van der Waals surface area contributed by atoms with E-state index in [4.69, 9.17) is 4.74 Å². The second kappa shape index (κ2) is 6.79. The van der Waals surface area contributed by atoms with Crippen molar-refractivity contribution in [1.29, 1.82) is 0 Å². The maximum absolute atomic E-state index is 13.4. The molecule has 0 spiro atoms. The number of carbonyl (C=O) groups is 1. The molecule has 0 aromatic heterocycles. The molecule has 2 aromatic rings. The Morgan fingerprint density at radius 3 is 2.57 bits per heavy atom. The van der Waals surface area contributed by atoms with E-state index in [-0.39, 0.29) is 5.82 Å². The van der Waals surface area contributed by atoms with E-state index in [9.17, 15) is 14.3 Å². The first kappa shape index (κ1) is 17.0. The van der Waals surface area contributed by atoms with E-state index >= 15 is 0 Å². The van der Waals surface area contributed by atoms with Gasteiger partial charge in [-0.25, -0.2) is 4.39 Å². The van der Waals surface area contributed by atoms with Gasteiger partial charge in [-0.3, -0.25) is 4.79 Å². The number of rotatable bonds is 5. The number of aliphatic hydroxyl groups is 1. The molecule has 0 radical (unpaired) electrons. The third-order valence-corrected chi connectivity index (χ3v) is 3.64. The second-order valence-electron chi connectivity index (χ2n) is 5.80. The lowest BCUT2D eigenvalue weighted by atomic mass is 9.93. The highest BCUT2D eigenvalue weighted by Crippen LogP contribution is 2.24. The number of halogens is 1. The lowest BCUT2D eigenvalue weighted by Crippen LogP contribution is -2.43. The first-order valence-electron chi connectivity index (χ1n) is 7.23. The Morgan fingerprint density at radius 2 is 1.91 bits per heavy atom. The number of methoxy groups -OCH3 is 1. The molecule has 5 heteroatoms. The summed E-state index contributed by atoms with van der Waals surface area (Å²) in [6, 6.07) is 12.7. The molecule has 0 aliphatic carbocycles. The van der Waals surface area contributed by atoms with Crippen LogP contribution in [0.25, 0.3) is 0 Å². The van der Waals surface area contributed by atoms with Crippen LogP contribution in [-0.4, -0.2) is 18.1 Å². The van der Waals surface area contributed by atoms with E-state index in [0.29, 0.717) is 16.9 Å². The largest absolute Gasteiger partial charge is 0.497 e. The summed E-state index contributed by atoms with van der Waals surface area (Å²) in [7, 11) is 1.51. The highest BCUT2D eigenvalue weighted by molar-refractivity contribution is 5.82. The molecule has 0 aliphatic heterocycles. The fourth-order valence-corrected chi connectivity index (χ4v) is 2.29. The summed E-state index contributed by atoms with van der Waals surface area (Å²) in [6.45, 7) is 3.50. The SMILES string of the molecule is COc1cccc(C(O)C(=O)NC(C)(C)c2cccc(F)c2)c1. The normalized spacial score (nSPS) is 12.6. The standard InChI is InChI=1S/C18H20FNO3/c1-18(2,13-7-5-8-14(19)11-13)20-17(22)16(21)12-6-4-9-15(10-12)23-3/h4-11,16,21H,1-3H3,(H,20,22). The molecule has 1 amide bonds. The molecule has 0 fully saturated rings. The van der Waals surface area contributed by atoms with Gasteiger partial charge in [-0.2, -0.15) is 0 Å². The van der Waals surface area contributed by atoms with Crippen LogP contribution in [0, 0.1) is 5.82 Å².